The fourth-order valence-electron chi connectivity index (χ4n) is 2.08. The van der Waals surface area contributed by atoms with Crippen molar-refractivity contribution in [2.75, 3.05) is 6.61 Å². The minimum absolute atomic E-state index is 0.150. The number of hydrogen-bond donors (Lipinski definition) is 2. The summed E-state index contributed by atoms with van der Waals surface area (Å²) in [6.45, 7) is 2.71. The van der Waals surface area contributed by atoms with Gasteiger partial charge in [0, 0.05) is 12.5 Å². The number of ether oxygens (including phenoxy) is 2. The van der Waals surface area contributed by atoms with Crippen LogP contribution in [0.2, 0.25) is 0 Å². The van der Waals surface area contributed by atoms with Crippen LogP contribution in [0.5, 0.6) is 5.75 Å². The van der Waals surface area contributed by atoms with E-state index < -0.39 is 6.35 Å². The van der Waals surface area contributed by atoms with E-state index in [2.05, 4.69) is 22.6 Å². The first-order valence-corrected chi connectivity index (χ1v) is 6.51. The van der Waals surface area contributed by atoms with Crippen LogP contribution >= 0.6 is 0 Å². The predicted molar refractivity (Wildman–Crippen MR) is 71.5 cm³/mol. The lowest BCUT2D eigenvalue weighted by molar-refractivity contribution is 0.0993. The first kappa shape index (κ1) is 13.8. The molecule has 6 nitrogen and oxygen atoms in total. The van der Waals surface area contributed by atoms with Gasteiger partial charge in [-0.2, -0.15) is 0 Å². The van der Waals surface area contributed by atoms with E-state index in [0.717, 1.165) is 18.6 Å². The maximum Gasteiger partial charge on any atom is 0.226 e. The van der Waals surface area contributed by atoms with E-state index in [0.29, 0.717) is 6.61 Å². The fourth-order valence-corrected chi connectivity index (χ4v) is 2.08. The third-order valence-electron chi connectivity index (χ3n) is 3.05. The summed E-state index contributed by atoms with van der Waals surface area (Å²) in [5.41, 5.74) is 0. The molecule has 1 fully saturated rings. The third-order valence-corrected chi connectivity index (χ3v) is 3.05. The Labute approximate surface area is 113 Å². The molecule has 3 N–H and O–H groups in total. The molecule has 1 unspecified atom stereocenters. The van der Waals surface area contributed by atoms with Gasteiger partial charge in [-0.3, -0.25) is 5.32 Å². The van der Waals surface area contributed by atoms with Gasteiger partial charge in [0.15, 0.2) is 0 Å². The highest BCUT2D eigenvalue weighted by Gasteiger charge is 2.26. The van der Waals surface area contributed by atoms with Gasteiger partial charge in [0.2, 0.25) is 6.35 Å². The highest BCUT2D eigenvalue weighted by atomic mass is 16.5. The molecule has 0 bridgehead atoms. The Balaban J connectivity index is 1.83. The fraction of sp³-hybridized carbons (Fsp3) is 0.538. The smallest absolute Gasteiger partial charge is 0.226 e. The van der Waals surface area contributed by atoms with E-state index in [4.69, 9.17) is 15.3 Å². The van der Waals surface area contributed by atoms with E-state index in [1.54, 1.807) is 0 Å². The van der Waals surface area contributed by atoms with Crippen LogP contribution in [0.4, 0.5) is 0 Å². The molecule has 0 spiro atoms. The molecule has 1 aliphatic heterocycles. The summed E-state index contributed by atoms with van der Waals surface area (Å²) >= 11 is 0. The quantitative estimate of drug-likeness (QED) is 0.466. The zero-order chi connectivity index (χ0) is 13.5. The van der Waals surface area contributed by atoms with Gasteiger partial charge >= 0.3 is 0 Å². The molecule has 0 saturated carbocycles. The highest BCUT2D eigenvalue weighted by Crippen LogP contribution is 2.18. The molecule has 1 aromatic carbocycles. The van der Waals surface area contributed by atoms with Crippen molar-refractivity contribution in [1.82, 2.24) is 5.32 Å². The number of nitrogens with one attached hydrogen (secondary N) is 1. The minimum Gasteiger partial charge on any atom is -0.490 e. The summed E-state index contributed by atoms with van der Waals surface area (Å²) in [7, 11) is 0. The molecule has 0 amide bonds. The molecule has 6 heteroatoms. The standard InChI is InChI=1S/C13H20N4O2/c1-2-11(19-12-6-4-3-5-7-12)8-10-9-18-13(15-10)16-17-14/h3-7,10-11,13,15H,2,8-9H2,1H3,(H2,14,16)/t10-,11-,13?/m0/s1. The Hall–Kier alpha value is -1.66. The van der Waals surface area contributed by atoms with Gasteiger partial charge in [-0.1, -0.05) is 30.3 Å². The molecule has 104 valence electrons. The van der Waals surface area contributed by atoms with E-state index in [9.17, 15) is 0 Å². The van der Waals surface area contributed by atoms with Crippen LogP contribution in [-0.2, 0) is 4.74 Å². The van der Waals surface area contributed by atoms with Crippen LogP contribution in [0.3, 0.4) is 0 Å². The maximum atomic E-state index is 5.95. The van der Waals surface area contributed by atoms with Gasteiger partial charge in [-0.05, 0) is 18.6 Å². The Morgan fingerprint density at radius 2 is 2.26 bits per heavy atom. The molecule has 1 heterocycles. The first-order chi connectivity index (χ1) is 9.31. The molecular weight excluding hydrogens is 244 g/mol. The molecule has 1 aromatic rings. The normalized spacial score (nSPS) is 24.7. The van der Waals surface area contributed by atoms with Crippen molar-refractivity contribution in [3.05, 3.63) is 30.3 Å². The van der Waals surface area contributed by atoms with Crippen molar-refractivity contribution < 1.29 is 9.47 Å². The van der Waals surface area contributed by atoms with Gasteiger partial charge in [-0.15, -0.1) is 5.11 Å². The van der Waals surface area contributed by atoms with Crippen molar-refractivity contribution in [2.45, 2.75) is 38.3 Å². The number of hydrogen-bond acceptors (Lipinski definition) is 5. The molecule has 0 aliphatic carbocycles. The lowest BCUT2D eigenvalue weighted by Crippen LogP contribution is -2.34. The van der Waals surface area contributed by atoms with Crippen LogP contribution < -0.4 is 15.9 Å². The molecule has 19 heavy (non-hydrogen) atoms. The average Bonchev–Trinajstić information content (AvgIpc) is 2.87. The van der Waals surface area contributed by atoms with Gasteiger partial charge in [0.05, 0.1) is 6.61 Å². The second-order valence-electron chi connectivity index (χ2n) is 4.48. The van der Waals surface area contributed by atoms with Gasteiger partial charge in [-0.25, -0.2) is 0 Å². The molecule has 1 saturated heterocycles. The second kappa shape index (κ2) is 7.06. The number of nitrogens with two attached hydrogens (primary N) is 1. The summed E-state index contributed by atoms with van der Waals surface area (Å²) in [6, 6.07) is 10.1. The topological polar surface area (TPSA) is 81.2 Å². The first-order valence-electron chi connectivity index (χ1n) is 6.51. The van der Waals surface area contributed by atoms with Gasteiger partial charge in [0.25, 0.3) is 0 Å². The second-order valence-corrected chi connectivity index (χ2v) is 4.48. The Morgan fingerprint density at radius 3 is 2.95 bits per heavy atom. The SMILES string of the molecule is CC[C@@H](C[C@H]1COC(N=NN)N1)Oc1ccccc1. The van der Waals surface area contributed by atoms with Crippen molar-refractivity contribution in [3.63, 3.8) is 0 Å². The molecule has 0 aromatic heterocycles. The highest BCUT2D eigenvalue weighted by molar-refractivity contribution is 5.21. The Bertz CT molecular complexity index is 399. The largest absolute Gasteiger partial charge is 0.490 e. The summed E-state index contributed by atoms with van der Waals surface area (Å²) in [4.78, 5) is 0. The summed E-state index contributed by atoms with van der Waals surface area (Å²) < 4.78 is 11.3. The Morgan fingerprint density at radius 1 is 1.47 bits per heavy atom. The van der Waals surface area contributed by atoms with Crippen LogP contribution in [0.15, 0.2) is 40.7 Å². The average molecular weight is 264 g/mol. The summed E-state index contributed by atoms with van der Waals surface area (Å²) in [5, 5.41) is 10.1. The zero-order valence-corrected chi connectivity index (χ0v) is 11.0. The Kier molecular flexibility index (Phi) is 5.11. The van der Waals surface area contributed by atoms with E-state index in [-0.39, 0.29) is 12.1 Å². The van der Waals surface area contributed by atoms with E-state index in [1.807, 2.05) is 30.3 Å². The lowest BCUT2D eigenvalue weighted by atomic mass is 10.1. The van der Waals surface area contributed by atoms with Gasteiger partial charge in [0.1, 0.15) is 11.9 Å². The number of nitrogens with zero attached hydrogens (tertiary/aromatic N) is 2. The van der Waals surface area contributed by atoms with E-state index in [1.165, 1.54) is 0 Å². The third kappa shape index (κ3) is 4.18. The predicted octanol–water partition coefficient (Wildman–Crippen LogP) is 1.83. The minimum atomic E-state index is -0.427. The summed E-state index contributed by atoms with van der Waals surface area (Å²) in [6.07, 6.45) is 1.53. The molecular formula is C13H20N4O2. The lowest BCUT2D eigenvalue weighted by Gasteiger charge is -2.20. The van der Waals surface area contributed by atoms with Gasteiger partial charge < -0.3 is 15.3 Å². The molecule has 1 aliphatic rings. The van der Waals surface area contributed by atoms with Crippen LogP contribution in [0.1, 0.15) is 19.8 Å². The van der Waals surface area contributed by atoms with Crippen molar-refractivity contribution in [2.24, 2.45) is 16.2 Å². The number of para-hydroxylation sites is 1. The number of benzene rings is 1. The van der Waals surface area contributed by atoms with Crippen LogP contribution in [0.25, 0.3) is 0 Å². The zero-order valence-electron chi connectivity index (χ0n) is 11.0. The van der Waals surface area contributed by atoms with Crippen molar-refractivity contribution in [3.8, 4) is 5.75 Å². The van der Waals surface area contributed by atoms with Crippen LogP contribution in [0, 0.1) is 0 Å². The van der Waals surface area contributed by atoms with Crippen LogP contribution in [-0.4, -0.2) is 25.1 Å². The van der Waals surface area contributed by atoms with Crippen molar-refractivity contribution >= 4 is 0 Å². The maximum absolute atomic E-state index is 5.95. The van der Waals surface area contributed by atoms with Crippen molar-refractivity contribution in [1.29, 1.82) is 0 Å². The summed E-state index contributed by atoms with van der Waals surface area (Å²) in [5.74, 6) is 5.89. The number of rotatable bonds is 6. The molecule has 3 atom stereocenters. The monoisotopic (exact) mass is 264 g/mol. The van der Waals surface area contributed by atoms with E-state index >= 15 is 0 Å². The molecule has 0 radical (unpaired) electrons. The molecule has 2 rings (SSSR count).